The Hall–Kier alpha value is -2.35. The number of nitrogens with two attached hydrogens (primary N) is 1. The molecule has 0 bridgehead atoms. The summed E-state index contributed by atoms with van der Waals surface area (Å²) in [6, 6.07) is 8.43. The number of nitrogens with zero attached hydrogens (tertiary/aromatic N) is 1. The second-order valence-electron chi connectivity index (χ2n) is 6.09. The monoisotopic (exact) mass is 395 g/mol. The molecule has 0 spiro atoms. The van der Waals surface area contributed by atoms with Gasteiger partial charge in [0, 0.05) is 25.2 Å². The van der Waals surface area contributed by atoms with E-state index in [-0.39, 0.29) is 41.4 Å². The molecular formula is C19H23ClFN3O3. The predicted octanol–water partition coefficient (Wildman–Crippen LogP) is 3.47. The molecule has 2 rings (SSSR count). The fraction of sp³-hybridized carbons (Fsp3) is 0.316. The molecule has 0 radical (unpaired) electrons. The number of carbonyl (C=O) groups excluding carboxylic acids is 1. The third-order valence-electron chi connectivity index (χ3n) is 3.97. The van der Waals surface area contributed by atoms with Crippen LogP contribution >= 0.6 is 11.6 Å². The third kappa shape index (κ3) is 5.82. The molecule has 1 unspecified atom stereocenters. The highest BCUT2D eigenvalue weighted by Gasteiger charge is 2.18. The first kappa shape index (κ1) is 21.0. The van der Waals surface area contributed by atoms with Crippen LogP contribution in [0.1, 0.15) is 29.8 Å². The maximum absolute atomic E-state index is 12.9. The summed E-state index contributed by atoms with van der Waals surface area (Å²) in [7, 11) is 0. The van der Waals surface area contributed by atoms with Gasteiger partial charge < -0.3 is 21.0 Å². The van der Waals surface area contributed by atoms with E-state index in [4.69, 9.17) is 22.1 Å². The predicted molar refractivity (Wildman–Crippen MR) is 103 cm³/mol. The number of nitrogens with one attached hydrogen (secondary N) is 1. The lowest BCUT2D eigenvalue weighted by Crippen LogP contribution is -2.40. The Bertz CT molecular complexity index is 787. The molecule has 0 aromatic heterocycles. The smallest absolute Gasteiger partial charge is 0.255 e. The zero-order valence-electron chi connectivity index (χ0n) is 15.2. The highest BCUT2D eigenvalue weighted by atomic mass is 35.5. The largest absolute Gasteiger partial charge is 0.493 e. The van der Waals surface area contributed by atoms with Gasteiger partial charge >= 0.3 is 0 Å². The molecule has 6 nitrogen and oxygen atoms in total. The fourth-order valence-corrected chi connectivity index (χ4v) is 2.56. The quantitative estimate of drug-likeness (QED) is 0.470. The Kier molecular flexibility index (Phi) is 7.41. The van der Waals surface area contributed by atoms with E-state index >= 15 is 0 Å². The number of carbonyl (C=O) groups is 1. The third-order valence-corrected chi connectivity index (χ3v) is 4.30. The molecule has 2 aromatic carbocycles. The van der Waals surface area contributed by atoms with E-state index in [1.807, 2.05) is 0 Å². The van der Waals surface area contributed by atoms with E-state index in [1.54, 1.807) is 26.0 Å². The molecule has 27 heavy (non-hydrogen) atoms. The molecule has 0 aliphatic carbocycles. The summed E-state index contributed by atoms with van der Waals surface area (Å²) in [5.41, 5.74) is 7.10. The summed E-state index contributed by atoms with van der Waals surface area (Å²) in [6.45, 7) is 4.32. The number of hydroxylamine groups is 2. The highest BCUT2D eigenvalue weighted by molar-refractivity contribution is 6.33. The van der Waals surface area contributed by atoms with Gasteiger partial charge in [0.2, 0.25) is 0 Å². The number of ether oxygens (including phenoxy) is 1. The van der Waals surface area contributed by atoms with Crippen LogP contribution < -0.4 is 15.8 Å². The second-order valence-corrected chi connectivity index (χ2v) is 6.49. The molecule has 0 aliphatic heterocycles. The average Bonchev–Trinajstić information content (AvgIpc) is 2.64. The first-order chi connectivity index (χ1) is 12.8. The maximum atomic E-state index is 12.9. The molecule has 0 heterocycles. The molecular weight excluding hydrogens is 373 g/mol. The number of nitrogen functional groups attached to an aromatic ring is 1. The van der Waals surface area contributed by atoms with Crippen LogP contribution in [-0.2, 0) is 6.54 Å². The molecule has 4 N–H and O–H groups in total. The lowest BCUT2D eigenvalue weighted by Gasteiger charge is -2.23. The summed E-state index contributed by atoms with van der Waals surface area (Å²) in [6.07, 6.45) is 0. The van der Waals surface area contributed by atoms with Crippen molar-refractivity contribution < 1.29 is 19.1 Å². The standard InChI is InChI=1S/C19H23ClFN3O3/c1-3-27-18-9-17(22)16(20)8-15(18)19(25)23-10-12(2)24(26)11-13-4-6-14(21)7-5-13/h4-9,12,26H,3,10-11,22H2,1-2H3,(H,23,25). The van der Waals surface area contributed by atoms with E-state index in [2.05, 4.69) is 5.32 Å². The number of rotatable bonds is 8. The number of benzene rings is 2. The lowest BCUT2D eigenvalue weighted by molar-refractivity contribution is -0.128. The van der Waals surface area contributed by atoms with Gasteiger partial charge in [-0.15, -0.1) is 0 Å². The molecule has 2 aromatic rings. The van der Waals surface area contributed by atoms with Crippen LogP contribution in [-0.4, -0.2) is 35.4 Å². The van der Waals surface area contributed by atoms with Crippen molar-refractivity contribution in [3.05, 3.63) is 58.4 Å². The number of halogens is 2. The minimum atomic E-state index is -0.387. The summed E-state index contributed by atoms with van der Waals surface area (Å²) >= 11 is 6.01. The van der Waals surface area contributed by atoms with Crippen molar-refractivity contribution in [3.63, 3.8) is 0 Å². The Balaban J connectivity index is 1.97. The van der Waals surface area contributed by atoms with Crippen molar-refractivity contribution in [3.8, 4) is 5.75 Å². The molecule has 0 saturated heterocycles. The molecule has 0 aliphatic rings. The molecule has 0 saturated carbocycles. The Morgan fingerprint density at radius 1 is 1.37 bits per heavy atom. The van der Waals surface area contributed by atoms with Crippen LogP contribution in [0.15, 0.2) is 36.4 Å². The minimum Gasteiger partial charge on any atom is -0.493 e. The SMILES string of the molecule is CCOc1cc(N)c(Cl)cc1C(=O)NCC(C)N(O)Cc1ccc(F)cc1. The first-order valence-electron chi connectivity index (χ1n) is 8.51. The van der Waals surface area contributed by atoms with Gasteiger partial charge in [-0.1, -0.05) is 23.7 Å². The van der Waals surface area contributed by atoms with E-state index in [1.165, 1.54) is 24.3 Å². The molecule has 8 heteroatoms. The fourth-order valence-electron chi connectivity index (χ4n) is 2.40. The van der Waals surface area contributed by atoms with Crippen LogP contribution in [0.3, 0.4) is 0 Å². The Morgan fingerprint density at radius 2 is 2.04 bits per heavy atom. The Labute approximate surface area is 162 Å². The zero-order chi connectivity index (χ0) is 20.0. The molecule has 1 atom stereocenters. The van der Waals surface area contributed by atoms with E-state index < -0.39 is 0 Å². The maximum Gasteiger partial charge on any atom is 0.255 e. The van der Waals surface area contributed by atoms with Crippen LogP contribution in [0.2, 0.25) is 5.02 Å². The van der Waals surface area contributed by atoms with Gasteiger partial charge in [-0.25, -0.2) is 4.39 Å². The van der Waals surface area contributed by atoms with E-state index in [0.29, 0.717) is 18.0 Å². The van der Waals surface area contributed by atoms with Crippen LogP contribution in [0.5, 0.6) is 5.75 Å². The lowest BCUT2D eigenvalue weighted by atomic mass is 10.1. The van der Waals surface area contributed by atoms with Crippen molar-refractivity contribution in [1.29, 1.82) is 0 Å². The zero-order valence-corrected chi connectivity index (χ0v) is 16.0. The van der Waals surface area contributed by atoms with Crippen LogP contribution in [0.25, 0.3) is 0 Å². The topological polar surface area (TPSA) is 87.8 Å². The molecule has 1 amide bonds. The minimum absolute atomic E-state index is 0.185. The van der Waals surface area contributed by atoms with Crippen molar-refractivity contribution in [2.75, 3.05) is 18.9 Å². The number of amides is 1. The summed E-state index contributed by atoms with van der Waals surface area (Å²) in [4.78, 5) is 12.5. The molecule has 146 valence electrons. The van der Waals surface area contributed by atoms with Crippen LogP contribution in [0, 0.1) is 5.82 Å². The summed E-state index contributed by atoms with van der Waals surface area (Å²) < 4.78 is 18.4. The van der Waals surface area contributed by atoms with E-state index in [0.717, 1.165) is 10.6 Å². The highest BCUT2D eigenvalue weighted by Crippen LogP contribution is 2.29. The van der Waals surface area contributed by atoms with Gasteiger partial charge in [0.1, 0.15) is 11.6 Å². The number of hydrogen-bond acceptors (Lipinski definition) is 5. The first-order valence-corrected chi connectivity index (χ1v) is 8.89. The normalized spacial score (nSPS) is 12.1. The van der Waals surface area contributed by atoms with Gasteiger partial charge in [-0.3, -0.25) is 4.79 Å². The number of hydrogen-bond donors (Lipinski definition) is 3. The van der Waals surface area contributed by atoms with Crippen LogP contribution in [0.4, 0.5) is 10.1 Å². The molecule has 0 fully saturated rings. The van der Waals surface area contributed by atoms with Gasteiger partial charge in [-0.2, -0.15) is 5.06 Å². The van der Waals surface area contributed by atoms with E-state index in [9.17, 15) is 14.4 Å². The second kappa shape index (κ2) is 9.55. The van der Waals surface area contributed by atoms with Crippen molar-refractivity contribution in [2.45, 2.75) is 26.4 Å². The Morgan fingerprint density at radius 3 is 2.67 bits per heavy atom. The van der Waals surface area contributed by atoms with Crippen molar-refractivity contribution in [2.24, 2.45) is 0 Å². The summed E-state index contributed by atoms with van der Waals surface area (Å²) in [5.74, 6) is -0.380. The van der Waals surface area contributed by atoms with Gasteiger partial charge in [-0.05, 0) is 37.6 Å². The number of anilines is 1. The summed E-state index contributed by atoms with van der Waals surface area (Å²) in [5, 5.41) is 14.2. The van der Waals surface area contributed by atoms with Gasteiger partial charge in [0.05, 0.1) is 22.9 Å². The van der Waals surface area contributed by atoms with Gasteiger partial charge in [0.15, 0.2) is 0 Å². The average molecular weight is 396 g/mol. The van der Waals surface area contributed by atoms with Crippen molar-refractivity contribution in [1.82, 2.24) is 10.4 Å². The van der Waals surface area contributed by atoms with Gasteiger partial charge in [0.25, 0.3) is 5.91 Å². The van der Waals surface area contributed by atoms with Crippen molar-refractivity contribution >= 4 is 23.2 Å².